The van der Waals surface area contributed by atoms with E-state index in [1.807, 2.05) is 6.92 Å². The Bertz CT molecular complexity index is 403. The van der Waals surface area contributed by atoms with Gasteiger partial charge in [0.15, 0.2) is 0 Å². The molecule has 0 heterocycles. The minimum atomic E-state index is 0.0382. The highest BCUT2D eigenvalue weighted by Gasteiger charge is 2.10. The molecule has 0 aliphatic rings. The Balaban J connectivity index is 2.21. The fourth-order valence-electron chi connectivity index (χ4n) is 2.00. The molecule has 2 unspecified atom stereocenters. The quantitative estimate of drug-likeness (QED) is 0.718. The number of anilines is 1. The number of nitrogen functional groups attached to an aromatic ring is 1. The first-order valence-corrected chi connectivity index (χ1v) is 7.29. The lowest BCUT2D eigenvalue weighted by Crippen LogP contribution is -2.34. The monoisotopic (exact) mass is 278 g/mol. The minimum Gasteiger partial charge on any atom is -0.493 e. The second-order valence-corrected chi connectivity index (χ2v) is 5.39. The Morgan fingerprint density at radius 2 is 1.95 bits per heavy atom. The molecule has 4 heteroatoms. The van der Waals surface area contributed by atoms with Crippen molar-refractivity contribution in [2.24, 2.45) is 5.92 Å². The lowest BCUT2D eigenvalue weighted by molar-refractivity contribution is -0.122. The smallest absolute Gasteiger partial charge is 0.223 e. The largest absolute Gasteiger partial charge is 0.493 e. The van der Waals surface area contributed by atoms with E-state index >= 15 is 0 Å². The number of hydrogen-bond donors (Lipinski definition) is 2. The summed E-state index contributed by atoms with van der Waals surface area (Å²) < 4.78 is 5.50. The van der Waals surface area contributed by atoms with Crippen molar-refractivity contribution in [1.29, 1.82) is 0 Å². The van der Waals surface area contributed by atoms with Gasteiger partial charge < -0.3 is 15.8 Å². The fraction of sp³-hybridized carbons (Fsp3) is 0.562. The standard InChI is InChI=1S/C16H26N2O2/c1-4-12(2)11-13(3)18-16(19)9-10-20-15-7-5-14(17)6-8-15/h5-8,12-13H,4,9-11,17H2,1-3H3,(H,18,19). The number of ether oxygens (including phenoxy) is 1. The van der Waals surface area contributed by atoms with Gasteiger partial charge >= 0.3 is 0 Å². The van der Waals surface area contributed by atoms with E-state index in [0.29, 0.717) is 24.6 Å². The molecule has 0 aromatic heterocycles. The molecule has 0 aliphatic heterocycles. The van der Waals surface area contributed by atoms with Crippen LogP contribution in [0.4, 0.5) is 5.69 Å². The Morgan fingerprint density at radius 3 is 2.55 bits per heavy atom. The number of carbonyl (C=O) groups excluding carboxylic acids is 1. The maximum atomic E-state index is 11.8. The minimum absolute atomic E-state index is 0.0382. The van der Waals surface area contributed by atoms with Crippen molar-refractivity contribution in [2.75, 3.05) is 12.3 Å². The number of amides is 1. The molecule has 0 radical (unpaired) electrons. The molecule has 0 bridgehead atoms. The highest BCUT2D eigenvalue weighted by molar-refractivity contribution is 5.76. The van der Waals surface area contributed by atoms with E-state index in [1.165, 1.54) is 0 Å². The van der Waals surface area contributed by atoms with Crippen molar-refractivity contribution >= 4 is 11.6 Å². The number of benzene rings is 1. The molecule has 1 amide bonds. The van der Waals surface area contributed by atoms with Crippen LogP contribution >= 0.6 is 0 Å². The van der Waals surface area contributed by atoms with E-state index in [0.717, 1.165) is 18.6 Å². The first-order valence-electron chi connectivity index (χ1n) is 7.29. The number of carbonyl (C=O) groups is 1. The molecular formula is C16H26N2O2. The van der Waals surface area contributed by atoms with Crippen molar-refractivity contribution < 1.29 is 9.53 Å². The van der Waals surface area contributed by atoms with Crippen molar-refractivity contribution in [3.05, 3.63) is 24.3 Å². The number of nitrogens with two attached hydrogens (primary N) is 1. The molecule has 0 saturated heterocycles. The summed E-state index contributed by atoms with van der Waals surface area (Å²) in [5.74, 6) is 1.41. The zero-order chi connectivity index (χ0) is 15.0. The highest BCUT2D eigenvalue weighted by atomic mass is 16.5. The molecule has 1 aromatic rings. The number of rotatable bonds is 8. The third-order valence-corrected chi connectivity index (χ3v) is 3.34. The molecule has 0 aliphatic carbocycles. The van der Waals surface area contributed by atoms with Gasteiger partial charge in [-0.15, -0.1) is 0 Å². The topological polar surface area (TPSA) is 64.3 Å². The predicted molar refractivity (Wildman–Crippen MR) is 82.6 cm³/mol. The van der Waals surface area contributed by atoms with E-state index in [-0.39, 0.29) is 11.9 Å². The van der Waals surface area contributed by atoms with Gasteiger partial charge in [-0.1, -0.05) is 20.3 Å². The van der Waals surface area contributed by atoms with Crippen molar-refractivity contribution in [3.63, 3.8) is 0 Å². The Labute approximate surface area is 121 Å². The summed E-state index contributed by atoms with van der Waals surface area (Å²) in [6, 6.07) is 7.39. The molecule has 2 atom stereocenters. The third kappa shape index (κ3) is 6.45. The summed E-state index contributed by atoms with van der Waals surface area (Å²) >= 11 is 0. The molecule has 1 aromatic carbocycles. The van der Waals surface area contributed by atoms with Gasteiger partial charge in [0.1, 0.15) is 5.75 Å². The highest BCUT2D eigenvalue weighted by Crippen LogP contribution is 2.13. The van der Waals surface area contributed by atoms with Crippen molar-refractivity contribution in [1.82, 2.24) is 5.32 Å². The van der Waals surface area contributed by atoms with E-state index in [4.69, 9.17) is 10.5 Å². The van der Waals surface area contributed by atoms with Gasteiger partial charge in [0.25, 0.3) is 0 Å². The second-order valence-electron chi connectivity index (χ2n) is 5.39. The summed E-state index contributed by atoms with van der Waals surface area (Å²) in [5, 5.41) is 3.00. The number of hydrogen-bond acceptors (Lipinski definition) is 3. The lowest BCUT2D eigenvalue weighted by Gasteiger charge is -2.17. The third-order valence-electron chi connectivity index (χ3n) is 3.34. The number of nitrogens with one attached hydrogen (secondary N) is 1. The molecule has 112 valence electrons. The van der Waals surface area contributed by atoms with Crippen LogP contribution in [0.3, 0.4) is 0 Å². The second kappa shape index (κ2) is 8.46. The zero-order valence-electron chi connectivity index (χ0n) is 12.7. The van der Waals surface area contributed by atoms with E-state index in [1.54, 1.807) is 24.3 Å². The van der Waals surface area contributed by atoms with Gasteiger partial charge in [-0.2, -0.15) is 0 Å². The van der Waals surface area contributed by atoms with Crippen molar-refractivity contribution in [3.8, 4) is 5.75 Å². The van der Waals surface area contributed by atoms with Gasteiger partial charge in [-0.05, 0) is 43.5 Å². The average molecular weight is 278 g/mol. The molecular weight excluding hydrogens is 252 g/mol. The lowest BCUT2D eigenvalue weighted by atomic mass is 10.0. The normalized spacial score (nSPS) is 13.6. The molecule has 4 nitrogen and oxygen atoms in total. The van der Waals surface area contributed by atoms with Crippen LogP contribution in [0.25, 0.3) is 0 Å². The molecule has 3 N–H and O–H groups in total. The molecule has 0 fully saturated rings. The Kier molecular flexibility index (Phi) is 6.91. The average Bonchev–Trinajstić information content (AvgIpc) is 2.40. The van der Waals surface area contributed by atoms with Crippen LogP contribution in [0.2, 0.25) is 0 Å². The molecule has 1 rings (SSSR count). The summed E-state index contributed by atoms with van der Waals surface area (Å²) in [5.41, 5.74) is 6.29. The fourth-order valence-corrected chi connectivity index (χ4v) is 2.00. The van der Waals surface area contributed by atoms with Crippen LogP contribution in [0, 0.1) is 5.92 Å². The Morgan fingerprint density at radius 1 is 1.30 bits per heavy atom. The first-order chi connectivity index (χ1) is 9.51. The zero-order valence-corrected chi connectivity index (χ0v) is 12.7. The summed E-state index contributed by atoms with van der Waals surface area (Å²) in [6.07, 6.45) is 2.52. The first kappa shape index (κ1) is 16.3. The predicted octanol–water partition coefficient (Wildman–Crippen LogP) is 2.98. The maximum absolute atomic E-state index is 11.8. The van der Waals surface area contributed by atoms with Crippen LogP contribution < -0.4 is 15.8 Å². The van der Waals surface area contributed by atoms with E-state index < -0.39 is 0 Å². The summed E-state index contributed by atoms with van der Waals surface area (Å²) in [7, 11) is 0. The van der Waals surface area contributed by atoms with Gasteiger partial charge in [0, 0.05) is 11.7 Å². The molecule has 0 spiro atoms. The SMILES string of the molecule is CCC(C)CC(C)NC(=O)CCOc1ccc(N)cc1. The Hall–Kier alpha value is -1.71. The summed E-state index contributed by atoms with van der Waals surface area (Å²) in [6.45, 7) is 6.79. The van der Waals surface area contributed by atoms with Crippen LogP contribution in [0.1, 0.15) is 40.0 Å². The van der Waals surface area contributed by atoms with E-state index in [9.17, 15) is 4.79 Å². The molecule has 0 saturated carbocycles. The van der Waals surface area contributed by atoms with Crippen LogP contribution in [0.5, 0.6) is 5.75 Å². The van der Waals surface area contributed by atoms with Crippen LogP contribution in [0.15, 0.2) is 24.3 Å². The van der Waals surface area contributed by atoms with E-state index in [2.05, 4.69) is 19.2 Å². The van der Waals surface area contributed by atoms with Gasteiger partial charge in [-0.25, -0.2) is 0 Å². The van der Waals surface area contributed by atoms with Gasteiger partial charge in [0.2, 0.25) is 5.91 Å². The van der Waals surface area contributed by atoms with Crippen LogP contribution in [-0.2, 0) is 4.79 Å². The summed E-state index contributed by atoms with van der Waals surface area (Å²) in [4.78, 5) is 11.8. The molecule has 20 heavy (non-hydrogen) atoms. The van der Waals surface area contributed by atoms with Crippen molar-refractivity contribution in [2.45, 2.75) is 46.1 Å². The van der Waals surface area contributed by atoms with Crippen LogP contribution in [-0.4, -0.2) is 18.6 Å². The maximum Gasteiger partial charge on any atom is 0.223 e. The van der Waals surface area contributed by atoms with Gasteiger partial charge in [-0.3, -0.25) is 4.79 Å². The van der Waals surface area contributed by atoms with Gasteiger partial charge in [0.05, 0.1) is 13.0 Å².